The molecule has 1 amide bonds. The molecule has 1 heterocycles. The smallest absolute Gasteiger partial charge is 0.221 e. The van der Waals surface area contributed by atoms with Gasteiger partial charge in [0, 0.05) is 11.4 Å². The lowest BCUT2D eigenvalue weighted by Gasteiger charge is -2.24. The van der Waals surface area contributed by atoms with E-state index in [1.165, 1.54) is 5.57 Å². The standard InChI is InChI=1S/C20H18ClNO3/c1-24-16-9-14-15(10-17(16)25-2)20-13(7-8-18(23)22-20)19(14)11-3-5-12(21)6-4-11/h3-6,9-10,20H,7-8H2,1-2H3,(H,22,23). The molecular formula is C20H18ClNO3. The molecule has 1 fully saturated rings. The molecule has 128 valence electrons. The second-order valence-corrected chi connectivity index (χ2v) is 6.64. The fourth-order valence-electron chi connectivity index (χ4n) is 3.73. The molecule has 1 aliphatic carbocycles. The minimum atomic E-state index is -0.110. The highest BCUT2D eigenvalue weighted by Gasteiger charge is 2.36. The summed E-state index contributed by atoms with van der Waals surface area (Å²) in [7, 11) is 3.25. The third kappa shape index (κ3) is 2.57. The number of hydrogen-bond acceptors (Lipinski definition) is 3. The van der Waals surface area contributed by atoms with Gasteiger partial charge in [-0.15, -0.1) is 0 Å². The van der Waals surface area contributed by atoms with E-state index in [2.05, 4.69) is 5.32 Å². The number of methoxy groups -OCH3 is 2. The van der Waals surface area contributed by atoms with Gasteiger partial charge in [-0.25, -0.2) is 0 Å². The van der Waals surface area contributed by atoms with Crippen molar-refractivity contribution in [1.82, 2.24) is 5.32 Å². The number of nitrogens with one attached hydrogen (secondary N) is 1. The summed E-state index contributed by atoms with van der Waals surface area (Å²) >= 11 is 6.05. The molecule has 4 rings (SSSR count). The zero-order valence-corrected chi connectivity index (χ0v) is 14.8. The van der Waals surface area contributed by atoms with Crippen LogP contribution in [0.1, 0.15) is 35.6 Å². The normalized spacial score (nSPS) is 18.5. The Bertz CT molecular complexity index is 887. The lowest BCUT2D eigenvalue weighted by molar-refractivity contribution is -0.122. The van der Waals surface area contributed by atoms with Crippen LogP contribution in [0.15, 0.2) is 42.0 Å². The maximum Gasteiger partial charge on any atom is 0.221 e. The van der Waals surface area contributed by atoms with Crippen LogP contribution in [-0.2, 0) is 4.79 Å². The number of ether oxygens (including phenoxy) is 2. The number of benzene rings is 2. The SMILES string of the molecule is COc1cc2c(cc1OC)C1NC(=O)CCC1=C2c1ccc(Cl)cc1. The van der Waals surface area contributed by atoms with Gasteiger partial charge >= 0.3 is 0 Å². The van der Waals surface area contributed by atoms with E-state index in [9.17, 15) is 4.79 Å². The first-order chi connectivity index (χ1) is 12.1. The van der Waals surface area contributed by atoms with E-state index in [0.717, 1.165) is 28.7 Å². The van der Waals surface area contributed by atoms with E-state index in [0.29, 0.717) is 22.9 Å². The number of rotatable bonds is 3. The first-order valence-corrected chi connectivity index (χ1v) is 8.55. The highest BCUT2D eigenvalue weighted by Crippen LogP contribution is 2.50. The van der Waals surface area contributed by atoms with Crippen molar-refractivity contribution in [3.63, 3.8) is 0 Å². The molecule has 0 bridgehead atoms. The Labute approximate surface area is 151 Å². The maximum absolute atomic E-state index is 12.0. The number of piperidine rings is 1. The summed E-state index contributed by atoms with van der Waals surface area (Å²) in [5.41, 5.74) is 5.59. The van der Waals surface area contributed by atoms with E-state index < -0.39 is 0 Å². The van der Waals surface area contributed by atoms with E-state index in [1.807, 2.05) is 36.4 Å². The summed E-state index contributed by atoms with van der Waals surface area (Å²) in [6.45, 7) is 0. The zero-order chi connectivity index (χ0) is 17.6. The van der Waals surface area contributed by atoms with Crippen molar-refractivity contribution in [2.24, 2.45) is 0 Å². The van der Waals surface area contributed by atoms with E-state index >= 15 is 0 Å². The molecule has 2 aliphatic rings. The van der Waals surface area contributed by atoms with Gasteiger partial charge in [0.1, 0.15) is 0 Å². The monoisotopic (exact) mass is 355 g/mol. The summed E-state index contributed by atoms with van der Waals surface area (Å²) in [5.74, 6) is 1.42. The van der Waals surface area contributed by atoms with Crippen LogP contribution in [-0.4, -0.2) is 20.1 Å². The molecule has 0 saturated carbocycles. The van der Waals surface area contributed by atoms with Crippen molar-refractivity contribution in [2.75, 3.05) is 14.2 Å². The van der Waals surface area contributed by atoms with Gasteiger partial charge < -0.3 is 14.8 Å². The Balaban J connectivity index is 1.94. The minimum absolute atomic E-state index is 0.0758. The topological polar surface area (TPSA) is 47.6 Å². The van der Waals surface area contributed by atoms with Crippen LogP contribution in [0.25, 0.3) is 5.57 Å². The largest absolute Gasteiger partial charge is 0.493 e. The molecule has 1 N–H and O–H groups in total. The molecule has 1 saturated heterocycles. The average Bonchev–Trinajstić information content (AvgIpc) is 2.94. The molecule has 1 unspecified atom stereocenters. The molecule has 4 nitrogen and oxygen atoms in total. The molecule has 5 heteroatoms. The van der Waals surface area contributed by atoms with Crippen molar-refractivity contribution >= 4 is 23.1 Å². The Kier molecular flexibility index (Phi) is 3.92. The minimum Gasteiger partial charge on any atom is -0.493 e. The van der Waals surface area contributed by atoms with Crippen molar-refractivity contribution < 1.29 is 14.3 Å². The lowest BCUT2D eigenvalue weighted by atomic mass is 9.93. The second-order valence-electron chi connectivity index (χ2n) is 6.20. The van der Waals surface area contributed by atoms with Crippen molar-refractivity contribution in [3.8, 4) is 11.5 Å². The molecule has 0 aromatic heterocycles. The summed E-state index contributed by atoms with van der Waals surface area (Å²) in [6.07, 6.45) is 1.25. The maximum atomic E-state index is 12.0. The first kappa shape index (κ1) is 16.0. The van der Waals surface area contributed by atoms with Crippen molar-refractivity contribution in [3.05, 3.63) is 63.7 Å². The fourth-order valence-corrected chi connectivity index (χ4v) is 3.85. The van der Waals surface area contributed by atoms with Crippen LogP contribution in [0.4, 0.5) is 0 Å². The van der Waals surface area contributed by atoms with E-state index in [4.69, 9.17) is 21.1 Å². The van der Waals surface area contributed by atoms with Crippen molar-refractivity contribution in [1.29, 1.82) is 0 Å². The highest BCUT2D eigenvalue weighted by molar-refractivity contribution is 6.30. The summed E-state index contributed by atoms with van der Waals surface area (Å²) in [5, 5.41) is 3.82. The van der Waals surface area contributed by atoms with Crippen molar-refractivity contribution in [2.45, 2.75) is 18.9 Å². The number of fused-ring (bicyclic) bond motifs is 3. The van der Waals surface area contributed by atoms with Crippen LogP contribution in [0.2, 0.25) is 5.02 Å². The number of hydrogen-bond donors (Lipinski definition) is 1. The Morgan fingerprint density at radius 1 is 1.04 bits per heavy atom. The third-order valence-corrected chi connectivity index (χ3v) is 5.12. The van der Waals surface area contributed by atoms with Gasteiger partial charge in [0.25, 0.3) is 0 Å². The number of halogens is 1. The Morgan fingerprint density at radius 2 is 1.72 bits per heavy atom. The number of carbonyl (C=O) groups is 1. The highest BCUT2D eigenvalue weighted by atomic mass is 35.5. The van der Waals surface area contributed by atoms with Crippen LogP contribution in [0, 0.1) is 0 Å². The van der Waals surface area contributed by atoms with Gasteiger partial charge in [0.05, 0.1) is 20.3 Å². The quantitative estimate of drug-likeness (QED) is 0.900. The first-order valence-electron chi connectivity index (χ1n) is 8.17. The Morgan fingerprint density at radius 3 is 2.40 bits per heavy atom. The molecule has 2 aromatic rings. The molecule has 25 heavy (non-hydrogen) atoms. The van der Waals surface area contributed by atoms with E-state index in [1.54, 1.807) is 14.2 Å². The number of amides is 1. The molecule has 0 radical (unpaired) electrons. The van der Waals surface area contributed by atoms with Crippen LogP contribution >= 0.6 is 11.6 Å². The van der Waals surface area contributed by atoms with Gasteiger partial charge in [0.2, 0.25) is 5.91 Å². The summed E-state index contributed by atoms with van der Waals surface area (Å²) in [4.78, 5) is 12.0. The molecule has 2 aromatic carbocycles. The van der Waals surface area contributed by atoms with Gasteiger partial charge in [-0.2, -0.15) is 0 Å². The van der Waals surface area contributed by atoms with Gasteiger partial charge in [-0.3, -0.25) is 4.79 Å². The fraction of sp³-hybridized carbons (Fsp3) is 0.250. The van der Waals surface area contributed by atoms with Crippen LogP contribution in [0.3, 0.4) is 0 Å². The molecule has 0 spiro atoms. The lowest BCUT2D eigenvalue weighted by Crippen LogP contribution is -2.32. The van der Waals surface area contributed by atoms with E-state index in [-0.39, 0.29) is 11.9 Å². The third-order valence-electron chi connectivity index (χ3n) is 4.87. The Hall–Kier alpha value is -2.46. The number of carbonyl (C=O) groups excluding carboxylic acids is 1. The summed E-state index contributed by atoms with van der Waals surface area (Å²) in [6, 6.07) is 11.7. The zero-order valence-electron chi connectivity index (χ0n) is 14.1. The predicted octanol–water partition coefficient (Wildman–Crippen LogP) is 4.12. The molecule has 1 atom stereocenters. The molecular weight excluding hydrogens is 338 g/mol. The van der Waals surface area contributed by atoms with Gasteiger partial charge in [-0.05, 0) is 58.5 Å². The van der Waals surface area contributed by atoms with Gasteiger partial charge in [-0.1, -0.05) is 23.7 Å². The average molecular weight is 356 g/mol. The predicted molar refractivity (Wildman–Crippen MR) is 97.1 cm³/mol. The molecule has 1 aliphatic heterocycles. The van der Waals surface area contributed by atoms with Crippen LogP contribution in [0.5, 0.6) is 11.5 Å². The summed E-state index contributed by atoms with van der Waals surface area (Å²) < 4.78 is 10.9. The van der Waals surface area contributed by atoms with Gasteiger partial charge in [0.15, 0.2) is 11.5 Å². The second kappa shape index (κ2) is 6.12. The van der Waals surface area contributed by atoms with Crippen LogP contribution < -0.4 is 14.8 Å².